The molecule has 1 saturated heterocycles. The first kappa shape index (κ1) is 21.5. The topological polar surface area (TPSA) is 51.3 Å². The van der Waals surface area contributed by atoms with Gasteiger partial charge in [-0.3, -0.25) is 4.79 Å². The van der Waals surface area contributed by atoms with E-state index in [-0.39, 0.29) is 30.4 Å². The largest absolute Gasteiger partial charge is 0.341 e. The highest BCUT2D eigenvalue weighted by molar-refractivity contribution is 5.95. The minimum Gasteiger partial charge on any atom is -0.341 e. The second-order valence-corrected chi connectivity index (χ2v) is 7.73. The predicted octanol–water partition coefficient (Wildman–Crippen LogP) is 4.34. The van der Waals surface area contributed by atoms with Crippen LogP contribution in [0.2, 0.25) is 0 Å². The number of carbonyl (C=O) groups is 1. The van der Waals surface area contributed by atoms with Gasteiger partial charge in [-0.2, -0.15) is 0 Å². The van der Waals surface area contributed by atoms with Gasteiger partial charge in [0.15, 0.2) is 0 Å². The predicted molar refractivity (Wildman–Crippen MR) is 114 cm³/mol. The summed E-state index contributed by atoms with van der Waals surface area (Å²) >= 11 is 0. The van der Waals surface area contributed by atoms with Gasteiger partial charge in [-0.1, -0.05) is 30.3 Å². The number of nitrogens with two attached hydrogens (primary N) is 1. The average molecular weight is 390 g/mol. The molecule has 148 valence electrons. The normalized spacial score (nSPS) is 17.3. The summed E-state index contributed by atoms with van der Waals surface area (Å²) in [6, 6.07) is 12.9. The summed E-state index contributed by atoms with van der Waals surface area (Å²) in [6.07, 6.45) is 2.01. The highest BCUT2D eigenvalue weighted by Crippen LogP contribution is 2.27. The Morgan fingerprint density at radius 3 is 2.26 bits per heavy atom. The van der Waals surface area contributed by atoms with E-state index in [1.54, 1.807) is 0 Å². The molecule has 1 aromatic heterocycles. The van der Waals surface area contributed by atoms with Crippen molar-refractivity contribution < 1.29 is 4.79 Å². The fourth-order valence-electron chi connectivity index (χ4n) is 4.27. The zero-order valence-corrected chi connectivity index (χ0v) is 17.6. The molecule has 2 unspecified atom stereocenters. The second kappa shape index (κ2) is 8.94. The van der Waals surface area contributed by atoms with Gasteiger partial charge in [0, 0.05) is 30.5 Å². The molecule has 4 nitrogen and oxygen atoms in total. The molecule has 1 aromatic carbocycles. The van der Waals surface area contributed by atoms with E-state index in [2.05, 4.69) is 62.6 Å². The van der Waals surface area contributed by atoms with Gasteiger partial charge in [-0.05, 0) is 58.1 Å². The number of nitrogens with zero attached hydrogens (tertiary/aromatic N) is 2. The molecule has 3 rings (SSSR count). The van der Waals surface area contributed by atoms with Crippen LogP contribution < -0.4 is 5.73 Å². The summed E-state index contributed by atoms with van der Waals surface area (Å²) in [4.78, 5) is 15.1. The third kappa shape index (κ3) is 4.39. The van der Waals surface area contributed by atoms with Crippen LogP contribution in [-0.4, -0.2) is 34.5 Å². The Bertz CT molecular complexity index is 761. The Balaban J connectivity index is 0.00000261. The monoisotopic (exact) mass is 389 g/mol. The van der Waals surface area contributed by atoms with Crippen molar-refractivity contribution in [3.63, 3.8) is 0 Å². The zero-order chi connectivity index (χ0) is 18.8. The Labute approximate surface area is 169 Å². The molecular weight excluding hydrogens is 358 g/mol. The molecule has 1 fully saturated rings. The Hall–Kier alpha value is -1.78. The summed E-state index contributed by atoms with van der Waals surface area (Å²) in [5.41, 5.74) is 10.3. The Kier molecular flexibility index (Phi) is 7.12. The molecule has 0 aliphatic carbocycles. The maximum absolute atomic E-state index is 13.1. The third-order valence-electron chi connectivity index (χ3n) is 5.95. The lowest BCUT2D eigenvalue weighted by molar-refractivity contribution is 0.0680. The lowest BCUT2D eigenvalue weighted by Crippen LogP contribution is -2.42. The van der Waals surface area contributed by atoms with E-state index in [9.17, 15) is 4.79 Å². The molecule has 0 saturated carbocycles. The van der Waals surface area contributed by atoms with Crippen LogP contribution in [0.1, 0.15) is 60.0 Å². The number of likely N-dealkylation sites (tertiary alicyclic amines) is 1. The number of aryl methyl sites for hydroxylation is 1. The smallest absolute Gasteiger partial charge is 0.255 e. The molecule has 5 heteroatoms. The van der Waals surface area contributed by atoms with Gasteiger partial charge in [-0.25, -0.2) is 0 Å². The second-order valence-electron chi connectivity index (χ2n) is 7.73. The molecule has 2 N–H and O–H groups in total. The molecule has 27 heavy (non-hydrogen) atoms. The fourth-order valence-corrected chi connectivity index (χ4v) is 4.27. The van der Waals surface area contributed by atoms with Gasteiger partial charge in [0.1, 0.15) is 0 Å². The first-order valence-electron chi connectivity index (χ1n) is 9.68. The standard InChI is InChI=1S/C22H31N3O.ClH/c1-15-14-21(22(26)24-12-10-19(11-13-24)16(2)23)18(4)25(15)17(3)20-8-6-5-7-9-20;/h5-9,14,16-17,19H,10-13,23H2,1-4H3;1H. The SMILES string of the molecule is Cc1cc(C(=O)N2CCC(C(C)N)CC2)c(C)n1C(C)c1ccccc1.Cl. The van der Waals surface area contributed by atoms with Crippen LogP contribution in [0.5, 0.6) is 0 Å². The first-order valence-corrected chi connectivity index (χ1v) is 9.68. The quantitative estimate of drug-likeness (QED) is 0.845. The summed E-state index contributed by atoms with van der Waals surface area (Å²) < 4.78 is 2.28. The van der Waals surface area contributed by atoms with E-state index in [1.807, 2.05) is 11.0 Å². The lowest BCUT2D eigenvalue weighted by Gasteiger charge is -2.33. The number of amides is 1. The van der Waals surface area contributed by atoms with Crippen molar-refractivity contribution in [2.75, 3.05) is 13.1 Å². The highest BCUT2D eigenvalue weighted by Gasteiger charge is 2.28. The molecule has 1 aliphatic heterocycles. The number of hydrogen-bond acceptors (Lipinski definition) is 2. The van der Waals surface area contributed by atoms with Crippen molar-refractivity contribution in [2.45, 2.75) is 52.6 Å². The maximum Gasteiger partial charge on any atom is 0.255 e. The minimum atomic E-state index is 0. The van der Waals surface area contributed by atoms with Crippen LogP contribution in [0, 0.1) is 19.8 Å². The van der Waals surface area contributed by atoms with Crippen molar-refractivity contribution in [1.82, 2.24) is 9.47 Å². The van der Waals surface area contributed by atoms with E-state index < -0.39 is 0 Å². The lowest BCUT2D eigenvalue weighted by atomic mass is 9.90. The van der Waals surface area contributed by atoms with Crippen molar-refractivity contribution in [3.8, 4) is 0 Å². The van der Waals surface area contributed by atoms with Gasteiger partial charge in [0.05, 0.1) is 11.6 Å². The van der Waals surface area contributed by atoms with Crippen LogP contribution in [0.25, 0.3) is 0 Å². The number of piperidine rings is 1. The first-order chi connectivity index (χ1) is 12.4. The van der Waals surface area contributed by atoms with Crippen molar-refractivity contribution in [3.05, 3.63) is 58.9 Å². The molecule has 1 amide bonds. The molecule has 0 radical (unpaired) electrons. The number of rotatable bonds is 4. The van der Waals surface area contributed by atoms with E-state index in [0.717, 1.165) is 42.9 Å². The average Bonchev–Trinajstić information content (AvgIpc) is 2.95. The molecular formula is C22H32ClN3O. The molecule has 2 aromatic rings. The summed E-state index contributed by atoms with van der Waals surface area (Å²) in [6.45, 7) is 10.0. The van der Waals surface area contributed by atoms with Crippen LogP contribution in [0.3, 0.4) is 0 Å². The van der Waals surface area contributed by atoms with E-state index in [0.29, 0.717) is 5.92 Å². The summed E-state index contributed by atoms with van der Waals surface area (Å²) in [5.74, 6) is 0.692. The van der Waals surface area contributed by atoms with Crippen LogP contribution in [0.15, 0.2) is 36.4 Å². The van der Waals surface area contributed by atoms with Gasteiger partial charge in [0.25, 0.3) is 5.91 Å². The highest BCUT2D eigenvalue weighted by atomic mass is 35.5. The zero-order valence-electron chi connectivity index (χ0n) is 16.8. The molecule has 2 heterocycles. The van der Waals surface area contributed by atoms with Gasteiger partial charge in [0.2, 0.25) is 0 Å². The molecule has 2 atom stereocenters. The molecule has 0 bridgehead atoms. The fraction of sp³-hybridized carbons (Fsp3) is 0.500. The summed E-state index contributed by atoms with van der Waals surface area (Å²) in [7, 11) is 0. The number of carbonyl (C=O) groups excluding carboxylic acids is 1. The number of aromatic nitrogens is 1. The maximum atomic E-state index is 13.1. The van der Waals surface area contributed by atoms with Crippen LogP contribution >= 0.6 is 12.4 Å². The van der Waals surface area contributed by atoms with E-state index >= 15 is 0 Å². The van der Waals surface area contributed by atoms with E-state index in [4.69, 9.17) is 5.73 Å². The van der Waals surface area contributed by atoms with Crippen molar-refractivity contribution in [1.29, 1.82) is 0 Å². The van der Waals surface area contributed by atoms with Crippen LogP contribution in [0.4, 0.5) is 0 Å². The number of halogens is 1. The molecule has 0 spiro atoms. The number of benzene rings is 1. The van der Waals surface area contributed by atoms with Crippen LogP contribution in [-0.2, 0) is 0 Å². The van der Waals surface area contributed by atoms with Gasteiger partial charge < -0.3 is 15.2 Å². The Morgan fingerprint density at radius 2 is 1.70 bits per heavy atom. The number of hydrogen-bond donors (Lipinski definition) is 1. The van der Waals surface area contributed by atoms with Crippen molar-refractivity contribution in [2.24, 2.45) is 11.7 Å². The van der Waals surface area contributed by atoms with Gasteiger partial charge in [-0.15, -0.1) is 12.4 Å². The summed E-state index contributed by atoms with van der Waals surface area (Å²) in [5, 5.41) is 0. The van der Waals surface area contributed by atoms with Crippen molar-refractivity contribution >= 4 is 18.3 Å². The van der Waals surface area contributed by atoms with Gasteiger partial charge >= 0.3 is 0 Å². The molecule has 1 aliphatic rings. The van der Waals surface area contributed by atoms with E-state index in [1.165, 1.54) is 5.56 Å². The Morgan fingerprint density at radius 1 is 1.11 bits per heavy atom. The minimum absolute atomic E-state index is 0. The third-order valence-corrected chi connectivity index (χ3v) is 5.95.